The fraction of sp³-hybridized carbons (Fsp3) is 0.750. The molecule has 3 saturated heterocycles. The summed E-state index contributed by atoms with van der Waals surface area (Å²) in [6.07, 6.45) is 2.90. The van der Waals surface area contributed by atoms with Crippen molar-refractivity contribution in [2.24, 2.45) is 0 Å². The zero-order chi connectivity index (χ0) is 17.4. The van der Waals surface area contributed by atoms with E-state index in [1.165, 1.54) is 0 Å². The van der Waals surface area contributed by atoms with Crippen molar-refractivity contribution in [1.82, 2.24) is 20.2 Å². The maximum atomic E-state index is 12.0. The van der Waals surface area contributed by atoms with Gasteiger partial charge in [-0.25, -0.2) is 13.4 Å². The Balaban J connectivity index is 1.56. The van der Waals surface area contributed by atoms with Crippen LogP contribution in [0.1, 0.15) is 6.42 Å². The van der Waals surface area contributed by atoms with Crippen LogP contribution in [0.15, 0.2) is 12.3 Å². The molecule has 1 aromatic heterocycles. The first-order chi connectivity index (χ1) is 12.0. The van der Waals surface area contributed by atoms with Crippen LogP contribution >= 0.6 is 0 Å². The maximum absolute atomic E-state index is 12.0. The molecule has 3 fully saturated rings. The number of sulfone groups is 1. The topological polar surface area (TPSA) is 81.7 Å². The highest BCUT2D eigenvalue weighted by Crippen LogP contribution is 2.26. The summed E-state index contributed by atoms with van der Waals surface area (Å²) in [5, 5.41) is 3.35. The van der Waals surface area contributed by atoms with Gasteiger partial charge in [0.1, 0.15) is 5.82 Å². The SMILES string of the molecule is CN1CCCN(c2nccc(N3CCN[C@H]4CS(=O)(=O)C[C@H]43)n2)CC1. The summed E-state index contributed by atoms with van der Waals surface area (Å²) in [5.74, 6) is 2.03. The molecule has 138 valence electrons. The van der Waals surface area contributed by atoms with Gasteiger partial charge in [-0.2, -0.15) is 4.98 Å². The lowest BCUT2D eigenvalue weighted by atomic mass is 10.1. The van der Waals surface area contributed by atoms with E-state index in [4.69, 9.17) is 4.98 Å². The van der Waals surface area contributed by atoms with E-state index < -0.39 is 9.84 Å². The number of aromatic nitrogens is 2. The Morgan fingerprint density at radius 2 is 2.04 bits per heavy atom. The highest BCUT2D eigenvalue weighted by molar-refractivity contribution is 7.91. The molecule has 9 heteroatoms. The van der Waals surface area contributed by atoms with Crippen LogP contribution in [-0.4, -0.2) is 93.2 Å². The molecule has 0 aromatic carbocycles. The number of rotatable bonds is 2. The van der Waals surface area contributed by atoms with Crippen LogP contribution in [0.2, 0.25) is 0 Å². The summed E-state index contributed by atoms with van der Waals surface area (Å²) in [4.78, 5) is 16.0. The minimum absolute atomic E-state index is 0.00371. The summed E-state index contributed by atoms with van der Waals surface area (Å²) < 4.78 is 24.1. The molecule has 0 radical (unpaired) electrons. The molecule has 0 bridgehead atoms. The fourth-order valence-corrected chi connectivity index (χ4v) is 6.01. The van der Waals surface area contributed by atoms with Gasteiger partial charge in [-0.05, 0) is 26.1 Å². The highest BCUT2D eigenvalue weighted by atomic mass is 32.2. The van der Waals surface area contributed by atoms with Crippen LogP contribution in [0.5, 0.6) is 0 Å². The van der Waals surface area contributed by atoms with E-state index in [2.05, 4.69) is 32.0 Å². The number of hydrogen-bond donors (Lipinski definition) is 1. The van der Waals surface area contributed by atoms with E-state index in [9.17, 15) is 8.42 Å². The first-order valence-corrected chi connectivity index (χ1v) is 10.8. The van der Waals surface area contributed by atoms with Crippen LogP contribution in [-0.2, 0) is 9.84 Å². The lowest BCUT2D eigenvalue weighted by Crippen LogP contribution is -2.57. The van der Waals surface area contributed by atoms with Crippen LogP contribution in [0.4, 0.5) is 11.8 Å². The largest absolute Gasteiger partial charge is 0.350 e. The average Bonchev–Trinajstić information content (AvgIpc) is 2.75. The van der Waals surface area contributed by atoms with Gasteiger partial charge in [-0.1, -0.05) is 0 Å². The molecule has 1 aromatic rings. The van der Waals surface area contributed by atoms with Crippen molar-refractivity contribution in [2.75, 3.05) is 67.6 Å². The van der Waals surface area contributed by atoms with Crippen molar-refractivity contribution in [3.8, 4) is 0 Å². The Morgan fingerprint density at radius 1 is 1.16 bits per heavy atom. The van der Waals surface area contributed by atoms with Crippen molar-refractivity contribution < 1.29 is 8.42 Å². The molecule has 0 amide bonds. The quantitative estimate of drug-likeness (QED) is 0.728. The first-order valence-electron chi connectivity index (χ1n) is 8.99. The monoisotopic (exact) mass is 366 g/mol. The minimum Gasteiger partial charge on any atom is -0.350 e. The maximum Gasteiger partial charge on any atom is 0.227 e. The summed E-state index contributed by atoms with van der Waals surface area (Å²) in [7, 11) is -0.834. The summed E-state index contributed by atoms with van der Waals surface area (Å²) in [5.41, 5.74) is 0. The molecule has 3 aliphatic rings. The molecule has 25 heavy (non-hydrogen) atoms. The van der Waals surface area contributed by atoms with Gasteiger partial charge in [0, 0.05) is 45.0 Å². The second kappa shape index (κ2) is 6.69. The molecular weight excluding hydrogens is 340 g/mol. The molecule has 4 heterocycles. The third kappa shape index (κ3) is 3.58. The van der Waals surface area contributed by atoms with E-state index in [0.29, 0.717) is 0 Å². The lowest BCUT2D eigenvalue weighted by Gasteiger charge is -2.38. The van der Waals surface area contributed by atoms with Gasteiger partial charge in [-0.3, -0.25) is 0 Å². The smallest absolute Gasteiger partial charge is 0.227 e. The fourth-order valence-electron chi connectivity index (χ4n) is 4.05. The predicted molar refractivity (Wildman–Crippen MR) is 97.9 cm³/mol. The minimum atomic E-state index is -2.97. The van der Waals surface area contributed by atoms with Crippen LogP contribution in [0.3, 0.4) is 0 Å². The first kappa shape index (κ1) is 17.0. The van der Waals surface area contributed by atoms with Crippen LogP contribution < -0.4 is 15.1 Å². The Bertz CT molecular complexity index is 727. The molecule has 3 aliphatic heterocycles. The Kier molecular flexibility index (Phi) is 4.55. The second-order valence-corrected chi connectivity index (χ2v) is 9.41. The van der Waals surface area contributed by atoms with Crippen LogP contribution in [0, 0.1) is 0 Å². The van der Waals surface area contributed by atoms with Crippen molar-refractivity contribution >= 4 is 21.6 Å². The Morgan fingerprint density at radius 3 is 2.92 bits per heavy atom. The van der Waals surface area contributed by atoms with Gasteiger partial charge in [0.15, 0.2) is 9.84 Å². The van der Waals surface area contributed by atoms with Gasteiger partial charge in [0.2, 0.25) is 5.95 Å². The van der Waals surface area contributed by atoms with E-state index >= 15 is 0 Å². The zero-order valence-electron chi connectivity index (χ0n) is 14.6. The average molecular weight is 366 g/mol. The van der Waals surface area contributed by atoms with Gasteiger partial charge in [0.25, 0.3) is 0 Å². The van der Waals surface area contributed by atoms with E-state index in [1.807, 2.05) is 6.07 Å². The predicted octanol–water partition coefficient (Wildman–Crippen LogP) is -0.806. The molecule has 8 nitrogen and oxygen atoms in total. The Labute approximate surface area is 149 Å². The summed E-state index contributed by atoms with van der Waals surface area (Å²) in [6.45, 7) is 5.53. The van der Waals surface area contributed by atoms with Crippen LogP contribution in [0.25, 0.3) is 0 Å². The molecule has 4 rings (SSSR count). The Hall–Kier alpha value is -1.45. The van der Waals surface area contributed by atoms with E-state index in [1.54, 1.807) is 6.20 Å². The molecule has 0 saturated carbocycles. The number of likely N-dealkylation sites (N-methyl/N-ethyl adjacent to an activating group) is 1. The molecule has 0 spiro atoms. The standard InChI is InChI=1S/C16H26N6O2S/c1-20-6-2-7-21(10-9-20)16-18-4-3-15(19-16)22-8-5-17-13-11-25(23,24)12-14(13)22/h3-4,13-14,17H,2,5-12H2,1H3/t13-,14+/m0/s1. The van der Waals surface area contributed by atoms with E-state index in [-0.39, 0.29) is 23.6 Å². The number of nitrogens with zero attached hydrogens (tertiary/aromatic N) is 5. The molecular formula is C16H26N6O2S. The molecule has 0 unspecified atom stereocenters. The van der Waals surface area contributed by atoms with Gasteiger partial charge in [0.05, 0.1) is 17.5 Å². The second-order valence-electron chi connectivity index (χ2n) is 7.26. The van der Waals surface area contributed by atoms with E-state index in [0.717, 1.165) is 57.5 Å². The normalized spacial score (nSPS) is 30.1. The molecule has 0 aliphatic carbocycles. The van der Waals surface area contributed by atoms with Crippen molar-refractivity contribution in [2.45, 2.75) is 18.5 Å². The third-order valence-electron chi connectivity index (χ3n) is 5.41. The van der Waals surface area contributed by atoms with Gasteiger partial charge in [-0.15, -0.1) is 0 Å². The number of nitrogens with one attached hydrogen (secondary N) is 1. The number of hydrogen-bond acceptors (Lipinski definition) is 8. The lowest BCUT2D eigenvalue weighted by molar-refractivity contribution is 0.360. The van der Waals surface area contributed by atoms with Crippen molar-refractivity contribution in [1.29, 1.82) is 0 Å². The van der Waals surface area contributed by atoms with Gasteiger partial charge < -0.3 is 20.0 Å². The highest BCUT2D eigenvalue weighted by Gasteiger charge is 2.43. The zero-order valence-corrected chi connectivity index (χ0v) is 15.5. The molecule has 1 N–H and O–H groups in total. The summed E-state index contributed by atoms with van der Waals surface area (Å²) >= 11 is 0. The van der Waals surface area contributed by atoms with Crippen molar-refractivity contribution in [3.05, 3.63) is 12.3 Å². The number of fused-ring (bicyclic) bond motifs is 1. The molecule has 2 atom stereocenters. The number of piperazine rings is 1. The third-order valence-corrected chi connectivity index (χ3v) is 7.12. The van der Waals surface area contributed by atoms with Gasteiger partial charge >= 0.3 is 0 Å². The number of anilines is 2. The van der Waals surface area contributed by atoms with Crippen molar-refractivity contribution in [3.63, 3.8) is 0 Å². The summed E-state index contributed by atoms with van der Waals surface area (Å²) in [6, 6.07) is 1.88.